The van der Waals surface area contributed by atoms with Crippen LogP contribution in [0.5, 0.6) is 0 Å². The summed E-state index contributed by atoms with van der Waals surface area (Å²) in [6.07, 6.45) is 3.45. The van der Waals surface area contributed by atoms with Gasteiger partial charge in [-0.15, -0.1) is 3.89 Å². The van der Waals surface area contributed by atoms with E-state index in [0.717, 1.165) is 5.65 Å². The summed E-state index contributed by atoms with van der Waals surface area (Å²) < 4.78 is 34.8. The van der Waals surface area contributed by atoms with Gasteiger partial charge in [-0.1, -0.05) is 6.07 Å². The molecule has 0 aliphatic heterocycles. The van der Waals surface area contributed by atoms with Crippen LogP contribution < -0.4 is 0 Å². The summed E-state index contributed by atoms with van der Waals surface area (Å²) in [6, 6.07) is 5.44. The summed E-state index contributed by atoms with van der Waals surface area (Å²) in [7, 11) is -4.41. The van der Waals surface area contributed by atoms with Crippen molar-refractivity contribution in [3.8, 4) is 0 Å². The standard InChI is InChI=1S/C9H9FN2O2S/c10-15(13,14)6-4-8-7-11-9-3-1-2-5-12(8)9/h1-3,5,7H,4,6H2. The molecule has 2 aromatic rings. The minimum absolute atomic E-state index is 0.129. The number of fused-ring (bicyclic) bond motifs is 1. The van der Waals surface area contributed by atoms with Gasteiger partial charge >= 0.3 is 10.2 Å². The van der Waals surface area contributed by atoms with Crippen molar-refractivity contribution in [2.75, 3.05) is 5.75 Å². The molecule has 2 aromatic heterocycles. The highest BCUT2D eigenvalue weighted by molar-refractivity contribution is 7.86. The summed E-state index contributed by atoms with van der Waals surface area (Å²) in [5.74, 6) is -0.504. The molecule has 0 unspecified atom stereocenters. The highest BCUT2D eigenvalue weighted by Crippen LogP contribution is 2.08. The second-order valence-corrected chi connectivity index (χ2v) is 4.66. The number of hydrogen-bond acceptors (Lipinski definition) is 3. The molecule has 0 bridgehead atoms. The second-order valence-electron chi connectivity index (χ2n) is 3.17. The van der Waals surface area contributed by atoms with Gasteiger partial charge in [0, 0.05) is 24.5 Å². The van der Waals surface area contributed by atoms with Crippen molar-refractivity contribution in [3.05, 3.63) is 36.3 Å². The minimum Gasteiger partial charge on any atom is -0.304 e. The van der Waals surface area contributed by atoms with Crippen molar-refractivity contribution >= 4 is 15.9 Å². The second kappa shape index (κ2) is 3.62. The van der Waals surface area contributed by atoms with Crippen LogP contribution in [-0.4, -0.2) is 23.6 Å². The number of pyridine rings is 1. The van der Waals surface area contributed by atoms with Crippen LogP contribution in [0.3, 0.4) is 0 Å². The largest absolute Gasteiger partial charge is 0.304 e. The lowest BCUT2D eigenvalue weighted by molar-refractivity contribution is 0.551. The zero-order chi connectivity index (χ0) is 10.9. The molecule has 0 atom stereocenters. The average Bonchev–Trinajstić information content (AvgIpc) is 2.57. The predicted octanol–water partition coefficient (Wildman–Crippen LogP) is 1.18. The number of rotatable bonds is 3. The number of nitrogens with zero attached hydrogens (tertiary/aromatic N) is 2. The molecule has 0 amide bonds. The van der Waals surface area contributed by atoms with E-state index in [-0.39, 0.29) is 6.42 Å². The predicted molar refractivity (Wildman–Crippen MR) is 53.8 cm³/mol. The Balaban J connectivity index is 2.29. The van der Waals surface area contributed by atoms with E-state index >= 15 is 0 Å². The third-order valence-corrected chi connectivity index (χ3v) is 2.79. The number of imidazole rings is 1. The van der Waals surface area contributed by atoms with Gasteiger partial charge in [-0.2, -0.15) is 8.42 Å². The van der Waals surface area contributed by atoms with Gasteiger partial charge in [-0.25, -0.2) is 4.98 Å². The van der Waals surface area contributed by atoms with Gasteiger partial charge in [-0.05, 0) is 12.1 Å². The summed E-state index contributed by atoms with van der Waals surface area (Å²) in [6.45, 7) is 0. The zero-order valence-corrected chi connectivity index (χ0v) is 8.61. The molecule has 0 saturated carbocycles. The summed E-state index contributed by atoms with van der Waals surface area (Å²) in [5, 5.41) is 0. The molecule has 0 radical (unpaired) electrons. The van der Waals surface area contributed by atoms with Gasteiger partial charge in [0.1, 0.15) is 5.65 Å². The van der Waals surface area contributed by atoms with Crippen LogP contribution in [0.1, 0.15) is 5.69 Å². The Kier molecular flexibility index (Phi) is 2.44. The molecule has 15 heavy (non-hydrogen) atoms. The summed E-state index contributed by atoms with van der Waals surface area (Å²) in [5.41, 5.74) is 1.41. The Morgan fingerprint density at radius 1 is 1.40 bits per heavy atom. The van der Waals surface area contributed by atoms with Gasteiger partial charge in [0.15, 0.2) is 0 Å². The zero-order valence-electron chi connectivity index (χ0n) is 7.80. The van der Waals surface area contributed by atoms with Crippen molar-refractivity contribution in [1.82, 2.24) is 9.38 Å². The minimum atomic E-state index is -4.41. The highest BCUT2D eigenvalue weighted by atomic mass is 32.3. The molecule has 0 aromatic carbocycles. The monoisotopic (exact) mass is 228 g/mol. The van der Waals surface area contributed by atoms with Gasteiger partial charge < -0.3 is 4.40 Å². The highest BCUT2D eigenvalue weighted by Gasteiger charge is 2.09. The average molecular weight is 228 g/mol. The lowest BCUT2D eigenvalue weighted by Crippen LogP contribution is -2.04. The molecule has 0 aliphatic carbocycles. The van der Waals surface area contributed by atoms with Crippen molar-refractivity contribution in [1.29, 1.82) is 0 Å². The first-order chi connectivity index (χ1) is 7.06. The third-order valence-electron chi connectivity index (χ3n) is 2.10. The Hall–Kier alpha value is -1.43. The molecular weight excluding hydrogens is 219 g/mol. The Bertz CT molecular complexity index is 577. The molecule has 0 saturated heterocycles. The summed E-state index contributed by atoms with van der Waals surface area (Å²) >= 11 is 0. The molecule has 6 heteroatoms. The summed E-state index contributed by atoms with van der Waals surface area (Å²) in [4.78, 5) is 4.07. The molecule has 0 aliphatic rings. The Morgan fingerprint density at radius 3 is 2.93 bits per heavy atom. The first kappa shape index (κ1) is 10.1. The molecular formula is C9H9FN2O2S. The lowest BCUT2D eigenvalue weighted by Gasteiger charge is -1.98. The van der Waals surface area contributed by atoms with E-state index in [4.69, 9.17) is 0 Å². The quantitative estimate of drug-likeness (QED) is 0.741. The van der Waals surface area contributed by atoms with Gasteiger partial charge in [0.05, 0.1) is 5.75 Å². The van der Waals surface area contributed by atoms with Crippen LogP contribution in [0, 0.1) is 0 Å². The Morgan fingerprint density at radius 2 is 2.20 bits per heavy atom. The van der Waals surface area contributed by atoms with Crippen LogP contribution in [0.4, 0.5) is 3.89 Å². The third kappa shape index (κ3) is 2.33. The number of hydrogen-bond donors (Lipinski definition) is 0. The first-order valence-electron chi connectivity index (χ1n) is 4.39. The first-order valence-corrected chi connectivity index (χ1v) is 5.95. The van der Waals surface area contributed by atoms with Crippen LogP contribution in [-0.2, 0) is 16.6 Å². The molecule has 0 fully saturated rings. The van der Waals surface area contributed by atoms with Gasteiger partial charge in [0.2, 0.25) is 0 Å². The maximum Gasteiger partial charge on any atom is 0.302 e. The van der Waals surface area contributed by atoms with E-state index in [1.165, 1.54) is 0 Å². The van der Waals surface area contributed by atoms with Crippen molar-refractivity contribution in [2.24, 2.45) is 0 Å². The lowest BCUT2D eigenvalue weighted by atomic mass is 10.3. The van der Waals surface area contributed by atoms with E-state index in [2.05, 4.69) is 4.98 Å². The molecule has 0 N–H and O–H groups in total. The Labute approximate surface area is 86.6 Å². The SMILES string of the molecule is O=S(=O)(F)CCc1cnc2ccccn12. The molecule has 4 nitrogen and oxygen atoms in total. The maximum atomic E-state index is 12.3. The van der Waals surface area contributed by atoms with E-state index in [0.29, 0.717) is 5.69 Å². The molecule has 0 spiro atoms. The van der Waals surface area contributed by atoms with E-state index < -0.39 is 16.0 Å². The number of aryl methyl sites for hydroxylation is 1. The van der Waals surface area contributed by atoms with Crippen molar-refractivity contribution < 1.29 is 12.3 Å². The smallest absolute Gasteiger partial charge is 0.302 e. The van der Waals surface area contributed by atoms with E-state index in [1.807, 2.05) is 12.1 Å². The van der Waals surface area contributed by atoms with Crippen LogP contribution in [0.2, 0.25) is 0 Å². The van der Waals surface area contributed by atoms with Crippen LogP contribution in [0.15, 0.2) is 30.6 Å². The number of aromatic nitrogens is 2. The maximum absolute atomic E-state index is 12.3. The molecule has 2 rings (SSSR count). The van der Waals surface area contributed by atoms with E-state index in [9.17, 15) is 12.3 Å². The van der Waals surface area contributed by atoms with Crippen molar-refractivity contribution in [3.63, 3.8) is 0 Å². The molecule has 80 valence electrons. The fraction of sp³-hybridized carbons (Fsp3) is 0.222. The van der Waals surface area contributed by atoms with Crippen LogP contribution >= 0.6 is 0 Å². The van der Waals surface area contributed by atoms with Gasteiger partial charge in [0.25, 0.3) is 0 Å². The normalized spacial score (nSPS) is 12.1. The van der Waals surface area contributed by atoms with E-state index in [1.54, 1.807) is 22.9 Å². The molecule has 2 heterocycles. The van der Waals surface area contributed by atoms with Crippen molar-refractivity contribution in [2.45, 2.75) is 6.42 Å². The fourth-order valence-electron chi connectivity index (χ4n) is 1.40. The van der Waals surface area contributed by atoms with Crippen LogP contribution in [0.25, 0.3) is 5.65 Å². The fourth-order valence-corrected chi connectivity index (χ4v) is 1.85. The van der Waals surface area contributed by atoms with Gasteiger partial charge in [-0.3, -0.25) is 0 Å². The number of halogens is 1. The topological polar surface area (TPSA) is 51.4 Å².